The van der Waals surface area contributed by atoms with E-state index in [-0.39, 0.29) is 11.7 Å². The van der Waals surface area contributed by atoms with Crippen LogP contribution in [0.2, 0.25) is 0 Å². The van der Waals surface area contributed by atoms with Crippen molar-refractivity contribution in [2.24, 2.45) is 0 Å². The second kappa shape index (κ2) is 6.08. The molecule has 2 heterocycles. The van der Waals surface area contributed by atoms with Gasteiger partial charge in [-0.25, -0.2) is 22.9 Å². The van der Waals surface area contributed by atoms with Gasteiger partial charge < -0.3 is 4.74 Å². The Bertz CT molecular complexity index is 1000. The number of ether oxygens (including phenoxy) is 1. The van der Waals surface area contributed by atoms with Gasteiger partial charge in [0.1, 0.15) is 5.56 Å². The van der Waals surface area contributed by atoms with Crippen molar-refractivity contribution in [3.63, 3.8) is 0 Å². The molecular weight excluding hydrogens is 345 g/mol. The van der Waals surface area contributed by atoms with Gasteiger partial charge in [-0.1, -0.05) is 0 Å². The van der Waals surface area contributed by atoms with E-state index in [0.717, 1.165) is 22.1 Å². The lowest BCUT2D eigenvalue weighted by Gasteiger charge is -2.12. The lowest BCUT2D eigenvalue weighted by atomic mass is 10.1. The minimum atomic E-state index is -1.71. The molecule has 2 aromatic heterocycles. The first-order valence-corrected chi connectivity index (χ1v) is 7.63. The first kappa shape index (κ1) is 16.2. The molecule has 0 saturated carbocycles. The topological polar surface area (TPSA) is 61.2 Å². The van der Waals surface area contributed by atoms with Gasteiger partial charge in [-0.3, -0.25) is 9.36 Å². The molecule has 5 nitrogen and oxygen atoms in total. The molecule has 3 aromatic rings. The molecule has 0 aliphatic heterocycles. The van der Waals surface area contributed by atoms with Gasteiger partial charge in [0.2, 0.25) is 5.43 Å². The van der Waals surface area contributed by atoms with Gasteiger partial charge in [-0.2, -0.15) is 0 Å². The normalized spacial score (nSPS) is 11.0. The number of rotatable bonds is 3. The predicted molar refractivity (Wildman–Crippen MR) is 81.0 cm³/mol. The Morgan fingerprint density at radius 3 is 2.71 bits per heavy atom. The van der Waals surface area contributed by atoms with E-state index in [0.29, 0.717) is 6.07 Å². The molecule has 0 N–H and O–H groups in total. The number of aromatic nitrogens is 2. The van der Waals surface area contributed by atoms with Gasteiger partial charge in [0.15, 0.2) is 22.6 Å². The van der Waals surface area contributed by atoms with Crippen molar-refractivity contribution in [1.82, 2.24) is 9.55 Å². The molecule has 0 fully saturated rings. The molecular formula is C15H9F3N2O3S. The van der Waals surface area contributed by atoms with Crippen LogP contribution in [0.1, 0.15) is 17.3 Å². The van der Waals surface area contributed by atoms with E-state index < -0.39 is 45.3 Å². The highest BCUT2D eigenvalue weighted by molar-refractivity contribution is 7.12. The number of halogens is 3. The van der Waals surface area contributed by atoms with Crippen LogP contribution in [0, 0.1) is 17.5 Å². The number of esters is 1. The van der Waals surface area contributed by atoms with E-state index in [2.05, 4.69) is 4.98 Å². The van der Waals surface area contributed by atoms with Crippen molar-refractivity contribution in [2.75, 3.05) is 6.61 Å². The highest BCUT2D eigenvalue weighted by atomic mass is 32.1. The average molecular weight is 354 g/mol. The molecule has 0 bridgehead atoms. The number of hydrogen-bond donors (Lipinski definition) is 0. The van der Waals surface area contributed by atoms with Crippen LogP contribution in [0.15, 0.2) is 28.6 Å². The molecule has 0 spiro atoms. The summed E-state index contributed by atoms with van der Waals surface area (Å²) in [5.41, 5.74) is -1.87. The summed E-state index contributed by atoms with van der Waals surface area (Å²) in [7, 11) is 0. The summed E-state index contributed by atoms with van der Waals surface area (Å²) in [6, 6.07) is 0.558. The lowest BCUT2D eigenvalue weighted by molar-refractivity contribution is 0.0524. The Kier molecular flexibility index (Phi) is 4.10. The van der Waals surface area contributed by atoms with Crippen LogP contribution in [0.3, 0.4) is 0 Å². The van der Waals surface area contributed by atoms with Crippen molar-refractivity contribution in [3.8, 4) is 5.13 Å². The van der Waals surface area contributed by atoms with E-state index in [1.165, 1.54) is 6.20 Å². The second-order valence-corrected chi connectivity index (χ2v) is 5.53. The van der Waals surface area contributed by atoms with Crippen molar-refractivity contribution >= 4 is 28.2 Å². The van der Waals surface area contributed by atoms with Crippen molar-refractivity contribution in [2.45, 2.75) is 6.92 Å². The zero-order valence-corrected chi connectivity index (χ0v) is 13.0. The van der Waals surface area contributed by atoms with Crippen LogP contribution in [0.25, 0.3) is 16.0 Å². The molecule has 0 amide bonds. The third-order valence-corrected chi connectivity index (χ3v) is 4.02. The fraction of sp³-hybridized carbons (Fsp3) is 0.133. The second-order valence-electron chi connectivity index (χ2n) is 4.66. The number of fused-ring (bicyclic) bond motifs is 1. The smallest absolute Gasteiger partial charge is 0.343 e. The number of carbonyl (C=O) groups excluding carboxylic acids is 1. The van der Waals surface area contributed by atoms with Crippen molar-refractivity contribution in [3.05, 3.63) is 57.1 Å². The van der Waals surface area contributed by atoms with E-state index >= 15 is 0 Å². The molecule has 0 atom stereocenters. The van der Waals surface area contributed by atoms with Crippen LogP contribution in [0.4, 0.5) is 13.2 Å². The van der Waals surface area contributed by atoms with E-state index in [9.17, 15) is 22.8 Å². The SMILES string of the molecule is CCOC(=O)c1cn(-c2nccs2)c2c(F)c(F)c(F)cc2c1=O. The highest BCUT2D eigenvalue weighted by Crippen LogP contribution is 2.25. The van der Waals surface area contributed by atoms with Crippen LogP contribution in [0.5, 0.6) is 0 Å². The standard InChI is InChI=1S/C15H9F3N2O3S/c1-2-23-14(22)8-6-20(15-19-3-4-24-15)12-7(13(8)21)5-9(16)10(17)11(12)18/h3-6H,2H2,1H3. The summed E-state index contributed by atoms with van der Waals surface area (Å²) in [5, 5.41) is 1.27. The summed E-state index contributed by atoms with van der Waals surface area (Å²) in [6.45, 7) is 1.56. The predicted octanol–water partition coefficient (Wildman–Crippen LogP) is 3.04. The molecule has 0 radical (unpaired) electrons. The molecule has 1 aromatic carbocycles. The molecule has 9 heteroatoms. The van der Waals surface area contributed by atoms with Crippen LogP contribution in [-0.2, 0) is 4.74 Å². The number of pyridine rings is 1. The minimum absolute atomic E-state index is 0.0136. The Hall–Kier alpha value is -2.68. The Morgan fingerprint density at radius 1 is 1.33 bits per heavy atom. The summed E-state index contributed by atoms with van der Waals surface area (Å²) in [4.78, 5) is 28.3. The molecule has 0 aliphatic carbocycles. The van der Waals surface area contributed by atoms with Gasteiger partial charge in [0, 0.05) is 17.8 Å². The number of thiazole rings is 1. The van der Waals surface area contributed by atoms with Crippen LogP contribution in [-0.4, -0.2) is 22.1 Å². The summed E-state index contributed by atoms with van der Waals surface area (Å²) in [6.07, 6.45) is 2.42. The first-order valence-electron chi connectivity index (χ1n) is 6.75. The number of benzene rings is 1. The van der Waals surface area contributed by atoms with E-state index in [1.807, 2.05) is 0 Å². The van der Waals surface area contributed by atoms with E-state index in [1.54, 1.807) is 12.3 Å². The quantitative estimate of drug-likeness (QED) is 0.536. The number of hydrogen-bond acceptors (Lipinski definition) is 5. The monoisotopic (exact) mass is 354 g/mol. The van der Waals surface area contributed by atoms with Gasteiger partial charge in [0.25, 0.3) is 0 Å². The summed E-state index contributed by atoms with van der Waals surface area (Å²) in [5.74, 6) is -5.72. The molecule has 3 rings (SSSR count). The average Bonchev–Trinajstić information content (AvgIpc) is 3.08. The Labute approximate surface area is 136 Å². The van der Waals surface area contributed by atoms with Crippen LogP contribution < -0.4 is 5.43 Å². The third-order valence-electron chi connectivity index (χ3n) is 3.25. The lowest BCUT2D eigenvalue weighted by Crippen LogP contribution is -2.21. The Balaban J connectivity index is 2.47. The zero-order chi connectivity index (χ0) is 17.4. The molecule has 0 aliphatic rings. The number of carbonyl (C=O) groups is 1. The molecule has 0 unspecified atom stereocenters. The van der Waals surface area contributed by atoms with Gasteiger partial charge in [0.05, 0.1) is 17.5 Å². The first-order chi connectivity index (χ1) is 11.5. The minimum Gasteiger partial charge on any atom is -0.462 e. The summed E-state index contributed by atoms with van der Waals surface area (Å²) < 4.78 is 47.2. The fourth-order valence-electron chi connectivity index (χ4n) is 2.23. The van der Waals surface area contributed by atoms with Crippen molar-refractivity contribution in [1.29, 1.82) is 0 Å². The summed E-state index contributed by atoms with van der Waals surface area (Å²) >= 11 is 1.06. The van der Waals surface area contributed by atoms with Gasteiger partial charge >= 0.3 is 5.97 Å². The van der Waals surface area contributed by atoms with Crippen molar-refractivity contribution < 1.29 is 22.7 Å². The largest absolute Gasteiger partial charge is 0.462 e. The fourth-order valence-corrected chi connectivity index (χ4v) is 2.85. The maximum atomic E-state index is 14.3. The molecule has 124 valence electrons. The highest BCUT2D eigenvalue weighted by Gasteiger charge is 2.24. The van der Waals surface area contributed by atoms with Gasteiger partial charge in [-0.15, -0.1) is 11.3 Å². The zero-order valence-electron chi connectivity index (χ0n) is 12.2. The molecule has 0 saturated heterocycles. The number of nitrogens with zero attached hydrogens (tertiary/aromatic N) is 2. The third kappa shape index (κ3) is 2.46. The maximum Gasteiger partial charge on any atom is 0.343 e. The van der Waals surface area contributed by atoms with Crippen LogP contribution >= 0.6 is 11.3 Å². The van der Waals surface area contributed by atoms with E-state index in [4.69, 9.17) is 4.74 Å². The maximum absolute atomic E-state index is 14.3. The molecule has 24 heavy (non-hydrogen) atoms. The Morgan fingerprint density at radius 2 is 2.08 bits per heavy atom. The van der Waals surface area contributed by atoms with Gasteiger partial charge in [-0.05, 0) is 13.0 Å².